The average Bonchev–Trinajstić information content (AvgIpc) is 2.62. The number of aryl methyl sites for hydroxylation is 1. The van der Waals surface area contributed by atoms with E-state index in [0.717, 1.165) is 21.9 Å². The highest BCUT2D eigenvalue weighted by Gasteiger charge is 2.11. The highest BCUT2D eigenvalue weighted by molar-refractivity contribution is 6.31. The molecule has 3 aromatic carbocycles. The van der Waals surface area contributed by atoms with Gasteiger partial charge in [0.1, 0.15) is 11.6 Å². The summed E-state index contributed by atoms with van der Waals surface area (Å²) in [4.78, 5) is 12.4. The number of hydrogen-bond acceptors (Lipinski definition) is 2. The minimum Gasteiger partial charge on any atom is -0.321 e. The van der Waals surface area contributed by atoms with Crippen LogP contribution in [-0.4, -0.2) is 5.91 Å². The van der Waals surface area contributed by atoms with E-state index in [1.807, 2.05) is 61.5 Å². The van der Waals surface area contributed by atoms with Gasteiger partial charge in [0.05, 0.1) is 0 Å². The predicted molar refractivity (Wildman–Crippen MR) is 102 cm³/mol. The van der Waals surface area contributed by atoms with Crippen molar-refractivity contribution in [3.8, 4) is 6.07 Å². The number of nitriles is 1. The van der Waals surface area contributed by atoms with E-state index in [0.29, 0.717) is 10.7 Å². The molecule has 122 valence electrons. The molecule has 0 heterocycles. The molecule has 0 aromatic heterocycles. The average molecular weight is 347 g/mol. The van der Waals surface area contributed by atoms with Crippen molar-refractivity contribution >= 4 is 40.0 Å². The van der Waals surface area contributed by atoms with Gasteiger partial charge in [-0.1, -0.05) is 54.1 Å². The van der Waals surface area contributed by atoms with Crippen molar-refractivity contribution < 1.29 is 4.79 Å². The first-order chi connectivity index (χ1) is 12.1. The lowest BCUT2D eigenvalue weighted by Crippen LogP contribution is -2.14. The number of halogens is 1. The molecule has 1 N–H and O–H groups in total. The second-order valence-electron chi connectivity index (χ2n) is 5.69. The molecule has 3 rings (SSSR count). The largest absolute Gasteiger partial charge is 0.321 e. The fourth-order valence-corrected chi connectivity index (χ4v) is 2.70. The second-order valence-corrected chi connectivity index (χ2v) is 6.13. The number of anilines is 1. The summed E-state index contributed by atoms with van der Waals surface area (Å²) in [5, 5.41) is 14.8. The third kappa shape index (κ3) is 3.88. The van der Waals surface area contributed by atoms with Gasteiger partial charge in [-0.3, -0.25) is 4.79 Å². The lowest BCUT2D eigenvalue weighted by molar-refractivity contribution is -0.112. The Balaban J connectivity index is 1.89. The number of hydrogen-bond donors (Lipinski definition) is 1. The van der Waals surface area contributed by atoms with Gasteiger partial charge in [-0.05, 0) is 53.1 Å². The summed E-state index contributed by atoms with van der Waals surface area (Å²) < 4.78 is 0. The zero-order valence-corrected chi connectivity index (χ0v) is 14.3. The van der Waals surface area contributed by atoms with E-state index in [1.54, 1.807) is 18.2 Å². The van der Waals surface area contributed by atoms with E-state index in [4.69, 9.17) is 11.6 Å². The van der Waals surface area contributed by atoms with Crippen LogP contribution < -0.4 is 5.32 Å². The van der Waals surface area contributed by atoms with Gasteiger partial charge in [-0.25, -0.2) is 0 Å². The van der Waals surface area contributed by atoms with Gasteiger partial charge in [0.25, 0.3) is 5.91 Å². The second kappa shape index (κ2) is 7.21. The van der Waals surface area contributed by atoms with Crippen molar-refractivity contribution in [2.75, 3.05) is 5.32 Å². The molecule has 1 amide bonds. The molecule has 0 aliphatic heterocycles. The summed E-state index contributed by atoms with van der Waals surface area (Å²) in [6.45, 7) is 1.87. The van der Waals surface area contributed by atoms with Crippen LogP contribution in [0.1, 0.15) is 11.1 Å². The van der Waals surface area contributed by atoms with Crippen LogP contribution in [-0.2, 0) is 4.79 Å². The first kappa shape index (κ1) is 16.8. The molecule has 0 aliphatic rings. The van der Waals surface area contributed by atoms with Crippen molar-refractivity contribution in [3.63, 3.8) is 0 Å². The third-order valence-electron chi connectivity index (χ3n) is 3.90. The molecule has 0 atom stereocenters. The fraction of sp³-hybridized carbons (Fsp3) is 0.0476. The summed E-state index contributed by atoms with van der Waals surface area (Å²) in [6, 6.07) is 20.9. The first-order valence-electron chi connectivity index (χ1n) is 7.75. The Morgan fingerprint density at radius 3 is 2.60 bits per heavy atom. The Bertz CT molecular complexity index is 1030. The number of carbonyl (C=O) groups excluding carboxylic acids is 1. The highest BCUT2D eigenvalue weighted by Crippen LogP contribution is 2.22. The van der Waals surface area contributed by atoms with Crippen molar-refractivity contribution in [3.05, 3.63) is 82.4 Å². The Morgan fingerprint density at radius 2 is 1.84 bits per heavy atom. The summed E-state index contributed by atoms with van der Waals surface area (Å²) in [5.74, 6) is -0.457. The maximum absolute atomic E-state index is 12.4. The molecule has 0 radical (unpaired) electrons. The number of fused-ring (bicyclic) bond motifs is 1. The smallest absolute Gasteiger partial charge is 0.266 e. The van der Waals surface area contributed by atoms with Crippen LogP contribution in [0.4, 0.5) is 5.69 Å². The lowest BCUT2D eigenvalue weighted by Gasteiger charge is -2.08. The maximum Gasteiger partial charge on any atom is 0.266 e. The SMILES string of the molecule is Cc1ccc(Cl)cc1NC(=O)/C(C#N)=C/c1ccc2ccccc2c1. The minimum atomic E-state index is -0.457. The van der Waals surface area contributed by atoms with Crippen molar-refractivity contribution in [2.24, 2.45) is 0 Å². The summed E-state index contributed by atoms with van der Waals surface area (Å²) in [7, 11) is 0. The quantitative estimate of drug-likeness (QED) is 0.513. The van der Waals surface area contributed by atoms with Gasteiger partial charge in [0, 0.05) is 10.7 Å². The Hall–Kier alpha value is -3.09. The molecule has 0 saturated heterocycles. The van der Waals surface area contributed by atoms with Crippen LogP contribution in [0, 0.1) is 18.3 Å². The van der Waals surface area contributed by atoms with Gasteiger partial charge in [-0.2, -0.15) is 5.26 Å². The topological polar surface area (TPSA) is 52.9 Å². The Morgan fingerprint density at radius 1 is 1.08 bits per heavy atom. The van der Waals surface area contributed by atoms with Crippen molar-refractivity contribution in [1.82, 2.24) is 0 Å². The number of benzene rings is 3. The predicted octanol–water partition coefficient (Wildman–Crippen LogP) is 5.35. The summed E-state index contributed by atoms with van der Waals surface area (Å²) in [6.07, 6.45) is 1.58. The normalized spacial score (nSPS) is 11.2. The van der Waals surface area contributed by atoms with Crippen LogP contribution in [0.5, 0.6) is 0 Å². The first-order valence-corrected chi connectivity index (χ1v) is 8.13. The molecule has 0 fully saturated rings. The molecule has 0 aliphatic carbocycles. The van der Waals surface area contributed by atoms with Crippen LogP contribution in [0.3, 0.4) is 0 Å². The van der Waals surface area contributed by atoms with E-state index in [1.165, 1.54) is 0 Å². The van der Waals surface area contributed by atoms with E-state index >= 15 is 0 Å². The van der Waals surface area contributed by atoms with E-state index in [-0.39, 0.29) is 5.57 Å². The molecule has 0 saturated carbocycles. The zero-order valence-electron chi connectivity index (χ0n) is 13.6. The van der Waals surface area contributed by atoms with Crippen molar-refractivity contribution in [1.29, 1.82) is 5.26 Å². The fourth-order valence-electron chi connectivity index (χ4n) is 2.53. The maximum atomic E-state index is 12.4. The van der Waals surface area contributed by atoms with Gasteiger partial charge in [-0.15, -0.1) is 0 Å². The van der Waals surface area contributed by atoms with Crippen LogP contribution in [0.15, 0.2) is 66.2 Å². The molecule has 0 spiro atoms. The third-order valence-corrected chi connectivity index (χ3v) is 4.13. The van der Waals surface area contributed by atoms with E-state index < -0.39 is 5.91 Å². The summed E-state index contributed by atoms with van der Waals surface area (Å²) >= 11 is 5.97. The lowest BCUT2D eigenvalue weighted by atomic mass is 10.0. The number of amides is 1. The number of nitrogens with zero attached hydrogens (tertiary/aromatic N) is 1. The molecule has 0 bridgehead atoms. The monoisotopic (exact) mass is 346 g/mol. The minimum absolute atomic E-state index is 0.0367. The number of rotatable bonds is 3. The molecular weight excluding hydrogens is 332 g/mol. The molecule has 3 aromatic rings. The molecule has 3 nitrogen and oxygen atoms in total. The van der Waals surface area contributed by atoms with Gasteiger partial charge < -0.3 is 5.32 Å². The van der Waals surface area contributed by atoms with E-state index in [2.05, 4.69) is 5.32 Å². The standard InChI is InChI=1S/C21H15ClN2O/c1-14-6-9-19(22)12-20(14)24-21(25)18(13-23)11-15-7-8-16-4-2-3-5-17(16)10-15/h2-12H,1H3,(H,24,25)/b18-11+. The number of nitrogens with one attached hydrogen (secondary N) is 1. The Labute approximate surface area is 151 Å². The Kier molecular flexibility index (Phi) is 4.83. The molecular formula is C21H15ClN2O. The zero-order chi connectivity index (χ0) is 17.8. The van der Waals surface area contributed by atoms with E-state index in [9.17, 15) is 10.1 Å². The van der Waals surface area contributed by atoms with Gasteiger partial charge in [0.2, 0.25) is 0 Å². The van der Waals surface area contributed by atoms with Crippen LogP contribution in [0.2, 0.25) is 5.02 Å². The van der Waals surface area contributed by atoms with Crippen LogP contribution in [0.25, 0.3) is 16.8 Å². The molecule has 4 heteroatoms. The highest BCUT2D eigenvalue weighted by atomic mass is 35.5. The van der Waals surface area contributed by atoms with Crippen molar-refractivity contribution in [2.45, 2.75) is 6.92 Å². The molecule has 0 unspecified atom stereocenters. The van der Waals surface area contributed by atoms with Gasteiger partial charge >= 0.3 is 0 Å². The summed E-state index contributed by atoms with van der Waals surface area (Å²) in [5.41, 5.74) is 2.31. The van der Waals surface area contributed by atoms with Gasteiger partial charge in [0.15, 0.2) is 0 Å². The molecule has 25 heavy (non-hydrogen) atoms. The number of carbonyl (C=O) groups is 1. The van der Waals surface area contributed by atoms with Crippen LogP contribution >= 0.6 is 11.6 Å².